The normalized spacial score (nSPS) is 23.1. The van der Waals surface area contributed by atoms with Crippen LogP contribution in [-0.4, -0.2) is 122 Å². The third kappa shape index (κ3) is 8.92. The maximum Gasteiger partial charge on any atom is 0.245 e. The van der Waals surface area contributed by atoms with Crippen molar-refractivity contribution in [2.45, 2.75) is 115 Å². The maximum absolute atomic E-state index is 13.8. The molecule has 16 heteroatoms. The molecular weight excluding hydrogens is 745 g/mol. The predicted octanol–water partition coefficient (Wildman–Crippen LogP) is 1.44. The zero-order valence-corrected chi connectivity index (χ0v) is 34.3. The number of benzene rings is 2. The number of nitrogens with one attached hydrogen (secondary N) is 6. The fraction of sp³-hybridized carbons (Fsp3) is 0.571. The minimum atomic E-state index is -0.779. The van der Waals surface area contributed by atoms with Gasteiger partial charge >= 0.3 is 0 Å². The van der Waals surface area contributed by atoms with Crippen LogP contribution in [0.2, 0.25) is 0 Å². The van der Waals surface area contributed by atoms with Crippen molar-refractivity contribution in [1.82, 2.24) is 41.7 Å². The molecule has 6 amide bonds. The van der Waals surface area contributed by atoms with Gasteiger partial charge in [-0.3, -0.25) is 28.8 Å². The van der Waals surface area contributed by atoms with Crippen molar-refractivity contribution in [2.75, 3.05) is 40.4 Å². The zero-order chi connectivity index (χ0) is 41.7. The van der Waals surface area contributed by atoms with Gasteiger partial charge in [-0.15, -0.1) is 0 Å². The number of carbonyl (C=O) groups excluding carboxylic acids is 6. The molecule has 314 valence electrons. The van der Waals surface area contributed by atoms with Gasteiger partial charge in [-0.1, -0.05) is 36.4 Å². The number of para-hydroxylation sites is 2. The molecule has 4 heterocycles. The van der Waals surface area contributed by atoms with E-state index in [2.05, 4.69) is 31.9 Å². The van der Waals surface area contributed by atoms with E-state index < -0.39 is 36.3 Å². The van der Waals surface area contributed by atoms with Crippen LogP contribution in [0.4, 0.5) is 0 Å². The SMILES string of the molecule is CNC(C)C(=O)NC(C)C(=O)N1CCC[C@H]1C(=O)N[C@@H]1CCOc2c(-c3cccc4c3OCC[C@H]4NC(=O)[C@@H]3CCCN3C(=O)C(C)NC(=O)C(C)NC)cccc21. The van der Waals surface area contributed by atoms with Gasteiger partial charge in [0.25, 0.3) is 0 Å². The second kappa shape index (κ2) is 18.6. The van der Waals surface area contributed by atoms with Crippen molar-refractivity contribution in [3.63, 3.8) is 0 Å². The summed E-state index contributed by atoms with van der Waals surface area (Å²) in [5.74, 6) is -0.416. The first-order valence-electron chi connectivity index (χ1n) is 20.5. The summed E-state index contributed by atoms with van der Waals surface area (Å²) in [4.78, 5) is 82.5. The van der Waals surface area contributed by atoms with E-state index in [4.69, 9.17) is 9.47 Å². The Labute approximate surface area is 339 Å². The molecule has 8 atom stereocenters. The van der Waals surface area contributed by atoms with Crippen LogP contribution >= 0.6 is 0 Å². The average Bonchev–Trinajstić information content (AvgIpc) is 3.93. The molecule has 0 radical (unpaired) electrons. The maximum atomic E-state index is 13.8. The number of nitrogens with zero attached hydrogens (tertiary/aromatic N) is 2. The summed E-state index contributed by atoms with van der Waals surface area (Å²) in [7, 11) is 3.34. The van der Waals surface area contributed by atoms with Crippen molar-refractivity contribution in [3.05, 3.63) is 47.5 Å². The van der Waals surface area contributed by atoms with E-state index in [0.29, 0.717) is 76.3 Å². The van der Waals surface area contributed by atoms with Gasteiger partial charge in [0.2, 0.25) is 35.4 Å². The van der Waals surface area contributed by atoms with Crippen molar-refractivity contribution >= 4 is 35.4 Å². The molecule has 16 nitrogen and oxygen atoms in total. The van der Waals surface area contributed by atoms with Crippen LogP contribution in [0, 0.1) is 0 Å². The van der Waals surface area contributed by atoms with E-state index in [9.17, 15) is 28.8 Å². The highest BCUT2D eigenvalue weighted by molar-refractivity contribution is 5.94. The minimum absolute atomic E-state index is 0.250. The Morgan fingerprint density at radius 3 is 1.36 bits per heavy atom. The molecule has 0 bridgehead atoms. The van der Waals surface area contributed by atoms with Crippen molar-refractivity contribution in [2.24, 2.45) is 0 Å². The molecule has 2 aromatic carbocycles. The van der Waals surface area contributed by atoms with Crippen LogP contribution in [0.5, 0.6) is 11.5 Å². The second-order valence-corrected chi connectivity index (χ2v) is 15.7. The summed E-state index contributed by atoms with van der Waals surface area (Å²) in [6.45, 7) is 8.27. The van der Waals surface area contributed by atoms with Gasteiger partial charge in [-0.2, -0.15) is 0 Å². The molecule has 0 saturated carbocycles. The Kier molecular flexibility index (Phi) is 13.6. The van der Waals surface area contributed by atoms with Gasteiger partial charge in [-0.05, 0) is 67.5 Å². The smallest absolute Gasteiger partial charge is 0.245 e. The topological polar surface area (TPSA) is 200 Å². The van der Waals surface area contributed by atoms with Crippen LogP contribution in [0.3, 0.4) is 0 Å². The molecule has 2 aromatic rings. The monoisotopic (exact) mass is 802 g/mol. The van der Waals surface area contributed by atoms with E-state index in [1.54, 1.807) is 51.6 Å². The fourth-order valence-electron chi connectivity index (χ4n) is 8.28. The number of hydrogen-bond donors (Lipinski definition) is 6. The van der Waals surface area contributed by atoms with E-state index in [-0.39, 0.29) is 47.5 Å². The highest BCUT2D eigenvalue weighted by atomic mass is 16.5. The molecule has 6 rings (SSSR count). The van der Waals surface area contributed by atoms with Crippen molar-refractivity contribution in [3.8, 4) is 22.6 Å². The number of likely N-dealkylation sites (N-methyl/N-ethyl adjacent to an activating group) is 2. The lowest BCUT2D eigenvalue weighted by Gasteiger charge is -2.33. The summed E-state index contributed by atoms with van der Waals surface area (Å²) in [6.07, 6.45) is 3.48. The minimum Gasteiger partial charge on any atom is -0.492 e. The highest BCUT2D eigenvalue weighted by Gasteiger charge is 2.40. The standard InChI is InChI=1S/C42H58N8O8/c1-23(43-5)37(51)45-25(3)41(55)49-19-9-15-33(49)39(53)47-31-17-21-57-35-27(11-7-13-29(31)35)28-12-8-14-30-32(18-22-58-36(28)30)48-40(54)34-16-10-20-50(34)42(56)26(4)46-38(52)24(2)44-6/h7-8,11-14,23-26,31-34,43-44H,9-10,15-22H2,1-6H3,(H,45,51)(H,46,52)(H,47,53)(H,48,54)/t23?,24?,25?,26?,31-,32-,33+,34+/m1/s1. The highest BCUT2D eigenvalue weighted by Crippen LogP contribution is 2.46. The predicted molar refractivity (Wildman–Crippen MR) is 216 cm³/mol. The van der Waals surface area contributed by atoms with Gasteiger partial charge in [-0.25, -0.2) is 0 Å². The van der Waals surface area contributed by atoms with Crippen LogP contribution in [0.1, 0.15) is 89.4 Å². The largest absolute Gasteiger partial charge is 0.492 e. The van der Waals surface area contributed by atoms with Crippen LogP contribution in [0.25, 0.3) is 11.1 Å². The first-order valence-corrected chi connectivity index (χ1v) is 20.5. The Morgan fingerprint density at radius 1 is 0.586 bits per heavy atom. The molecule has 0 aromatic heterocycles. The average molecular weight is 803 g/mol. The molecule has 2 saturated heterocycles. The van der Waals surface area contributed by atoms with E-state index >= 15 is 0 Å². The van der Waals surface area contributed by atoms with Crippen LogP contribution < -0.4 is 41.4 Å². The first kappa shape index (κ1) is 42.4. The third-order valence-corrected chi connectivity index (χ3v) is 11.9. The molecule has 58 heavy (non-hydrogen) atoms. The lowest BCUT2D eigenvalue weighted by atomic mass is 9.90. The van der Waals surface area contributed by atoms with E-state index in [1.807, 2.05) is 36.4 Å². The van der Waals surface area contributed by atoms with Gasteiger partial charge in [0.15, 0.2) is 0 Å². The Hall–Kier alpha value is -5.22. The lowest BCUT2D eigenvalue weighted by molar-refractivity contribution is -0.141. The van der Waals surface area contributed by atoms with E-state index in [1.165, 1.54) is 0 Å². The summed E-state index contributed by atoms with van der Waals surface area (Å²) >= 11 is 0. The van der Waals surface area contributed by atoms with Gasteiger partial charge < -0.3 is 51.2 Å². The van der Waals surface area contributed by atoms with Gasteiger partial charge in [0, 0.05) is 48.2 Å². The van der Waals surface area contributed by atoms with E-state index in [0.717, 1.165) is 22.3 Å². The molecule has 2 fully saturated rings. The molecular formula is C42H58N8O8. The molecule has 4 aliphatic heterocycles. The van der Waals surface area contributed by atoms with Crippen molar-refractivity contribution in [1.29, 1.82) is 0 Å². The number of amides is 6. The fourth-order valence-corrected chi connectivity index (χ4v) is 8.28. The Balaban J connectivity index is 1.16. The Morgan fingerprint density at radius 2 is 0.983 bits per heavy atom. The number of rotatable bonds is 13. The number of carbonyl (C=O) groups is 6. The summed E-state index contributed by atoms with van der Waals surface area (Å²) in [5, 5.41) is 17.6. The molecule has 4 aliphatic rings. The van der Waals surface area contributed by atoms with Crippen molar-refractivity contribution < 1.29 is 38.2 Å². The summed E-state index contributed by atoms with van der Waals surface area (Å²) < 4.78 is 12.6. The third-order valence-electron chi connectivity index (χ3n) is 11.9. The molecule has 0 aliphatic carbocycles. The number of fused-ring (bicyclic) bond motifs is 2. The summed E-state index contributed by atoms with van der Waals surface area (Å²) in [6, 6.07) is 7.07. The Bertz CT molecular complexity index is 1760. The number of hydrogen-bond acceptors (Lipinski definition) is 10. The molecule has 6 N–H and O–H groups in total. The van der Waals surface area contributed by atoms with Gasteiger partial charge in [0.05, 0.1) is 37.4 Å². The van der Waals surface area contributed by atoms with Gasteiger partial charge in [0.1, 0.15) is 35.7 Å². The lowest BCUT2D eigenvalue weighted by Crippen LogP contribution is -2.54. The quantitative estimate of drug-likeness (QED) is 0.172. The summed E-state index contributed by atoms with van der Waals surface area (Å²) in [5.41, 5.74) is 3.19. The van der Waals surface area contributed by atoms with Crippen LogP contribution in [-0.2, 0) is 28.8 Å². The molecule has 4 unspecified atom stereocenters. The number of ether oxygens (including phenoxy) is 2. The molecule has 0 spiro atoms. The second-order valence-electron chi connectivity index (χ2n) is 15.7. The zero-order valence-electron chi connectivity index (χ0n) is 34.3. The number of likely N-dealkylation sites (tertiary alicyclic amines) is 2. The first-order chi connectivity index (χ1) is 27.8. The van der Waals surface area contributed by atoms with Crippen LogP contribution in [0.15, 0.2) is 36.4 Å².